The van der Waals surface area contributed by atoms with Gasteiger partial charge < -0.3 is 15.4 Å². The van der Waals surface area contributed by atoms with E-state index in [1.54, 1.807) is 0 Å². The average molecular weight is 223 g/mol. The van der Waals surface area contributed by atoms with Crippen LogP contribution in [-0.2, 0) is 6.42 Å². The van der Waals surface area contributed by atoms with Gasteiger partial charge in [-0.05, 0) is 25.8 Å². The lowest BCUT2D eigenvalue weighted by atomic mass is 9.99. The summed E-state index contributed by atoms with van der Waals surface area (Å²) in [7, 11) is 0. The van der Waals surface area contributed by atoms with E-state index in [1.165, 1.54) is 0 Å². The highest BCUT2D eigenvalue weighted by atomic mass is 16.3. The van der Waals surface area contributed by atoms with E-state index in [9.17, 15) is 9.90 Å². The highest BCUT2D eigenvalue weighted by Crippen LogP contribution is 2.21. The minimum atomic E-state index is -0.212. The Morgan fingerprint density at radius 3 is 2.94 bits per heavy atom. The van der Waals surface area contributed by atoms with E-state index < -0.39 is 0 Å². The molecule has 1 fully saturated rings. The number of hydrogen-bond donors (Lipinski definition) is 3. The standard InChI is InChI=1S/C11H17N3O2/c1-2-8-10(15)13-9(14-11(8)16)7-4-3-5-12-6-7/h7,12H,2-6H2,1H3,(H2,13,14,15,16). The van der Waals surface area contributed by atoms with E-state index in [2.05, 4.69) is 15.3 Å². The first-order valence-corrected chi connectivity index (χ1v) is 5.75. The van der Waals surface area contributed by atoms with Crippen LogP contribution in [0, 0.1) is 0 Å². The van der Waals surface area contributed by atoms with Crippen LogP contribution in [-0.4, -0.2) is 28.2 Å². The predicted molar refractivity (Wildman–Crippen MR) is 60.7 cm³/mol. The SMILES string of the molecule is CCc1c(O)nc(C2CCCNC2)[nH]c1=O. The molecule has 0 aromatic carbocycles. The van der Waals surface area contributed by atoms with Gasteiger partial charge in [0.15, 0.2) is 0 Å². The van der Waals surface area contributed by atoms with Crippen molar-refractivity contribution in [3.8, 4) is 5.88 Å². The first-order chi connectivity index (χ1) is 7.72. The third kappa shape index (κ3) is 2.09. The Balaban J connectivity index is 2.31. The molecule has 0 bridgehead atoms. The fourth-order valence-corrected chi connectivity index (χ4v) is 2.10. The third-order valence-corrected chi connectivity index (χ3v) is 3.05. The van der Waals surface area contributed by atoms with Gasteiger partial charge in [-0.25, -0.2) is 0 Å². The molecule has 0 saturated carbocycles. The Bertz CT molecular complexity index is 422. The molecule has 1 aromatic heterocycles. The minimum absolute atomic E-state index is 0.119. The average Bonchev–Trinajstić information content (AvgIpc) is 2.30. The molecule has 0 radical (unpaired) electrons. The topological polar surface area (TPSA) is 78.0 Å². The lowest BCUT2D eigenvalue weighted by Gasteiger charge is -2.21. The van der Waals surface area contributed by atoms with Crippen LogP contribution in [0.2, 0.25) is 0 Å². The monoisotopic (exact) mass is 223 g/mol. The highest BCUT2D eigenvalue weighted by Gasteiger charge is 2.19. The quantitative estimate of drug-likeness (QED) is 0.682. The Morgan fingerprint density at radius 1 is 1.56 bits per heavy atom. The maximum atomic E-state index is 11.7. The largest absolute Gasteiger partial charge is 0.493 e. The van der Waals surface area contributed by atoms with E-state index in [-0.39, 0.29) is 17.4 Å². The van der Waals surface area contributed by atoms with Crippen LogP contribution in [0.15, 0.2) is 4.79 Å². The molecule has 88 valence electrons. The van der Waals surface area contributed by atoms with Crippen molar-refractivity contribution < 1.29 is 5.11 Å². The molecule has 1 atom stereocenters. The second kappa shape index (κ2) is 4.65. The zero-order valence-electron chi connectivity index (χ0n) is 9.42. The molecule has 1 aliphatic heterocycles. The maximum absolute atomic E-state index is 11.7. The maximum Gasteiger partial charge on any atom is 0.257 e. The summed E-state index contributed by atoms with van der Waals surface area (Å²) >= 11 is 0. The summed E-state index contributed by atoms with van der Waals surface area (Å²) < 4.78 is 0. The molecule has 1 aromatic rings. The molecule has 5 nitrogen and oxygen atoms in total. The van der Waals surface area contributed by atoms with E-state index in [1.807, 2.05) is 6.92 Å². The van der Waals surface area contributed by atoms with Gasteiger partial charge in [-0.1, -0.05) is 6.92 Å². The van der Waals surface area contributed by atoms with Crippen molar-refractivity contribution in [3.05, 3.63) is 21.7 Å². The summed E-state index contributed by atoms with van der Waals surface area (Å²) in [5.74, 6) is 0.692. The van der Waals surface area contributed by atoms with Crippen molar-refractivity contribution in [3.63, 3.8) is 0 Å². The Labute approximate surface area is 93.9 Å². The fourth-order valence-electron chi connectivity index (χ4n) is 2.10. The highest BCUT2D eigenvalue weighted by molar-refractivity contribution is 5.23. The van der Waals surface area contributed by atoms with Crippen LogP contribution in [0.3, 0.4) is 0 Å². The van der Waals surface area contributed by atoms with Crippen molar-refractivity contribution in [2.45, 2.75) is 32.1 Å². The van der Waals surface area contributed by atoms with Crippen molar-refractivity contribution >= 4 is 0 Å². The predicted octanol–water partition coefficient (Wildman–Crippen LogP) is 0.505. The van der Waals surface area contributed by atoms with Crippen molar-refractivity contribution in [1.82, 2.24) is 15.3 Å². The van der Waals surface area contributed by atoms with E-state index in [0.29, 0.717) is 17.8 Å². The Kier molecular flexibility index (Phi) is 3.24. The minimum Gasteiger partial charge on any atom is -0.493 e. The first-order valence-electron chi connectivity index (χ1n) is 5.75. The van der Waals surface area contributed by atoms with Crippen molar-refractivity contribution in [1.29, 1.82) is 0 Å². The van der Waals surface area contributed by atoms with E-state index in [4.69, 9.17) is 0 Å². The Morgan fingerprint density at radius 2 is 2.38 bits per heavy atom. The summed E-state index contributed by atoms with van der Waals surface area (Å²) in [6.45, 7) is 3.65. The molecule has 0 amide bonds. The number of aromatic amines is 1. The number of H-pyrrole nitrogens is 1. The van der Waals surface area contributed by atoms with Crippen LogP contribution in [0.4, 0.5) is 0 Å². The Hall–Kier alpha value is -1.36. The number of rotatable bonds is 2. The van der Waals surface area contributed by atoms with Gasteiger partial charge in [0, 0.05) is 12.5 Å². The van der Waals surface area contributed by atoms with Crippen LogP contribution >= 0.6 is 0 Å². The van der Waals surface area contributed by atoms with Gasteiger partial charge in [-0.2, -0.15) is 4.98 Å². The van der Waals surface area contributed by atoms with Crippen LogP contribution in [0.25, 0.3) is 0 Å². The van der Waals surface area contributed by atoms with Crippen molar-refractivity contribution in [2.24, 2.45) is 0 Å². The van der Waals surface area contributed by atoms with Crippen molar-refractivity contribution in [2.75, 3.05) is 13.1 Å². The summed E-state index contributed by atoms with van der Waals surface area (Å²) in [5.41, 5.74) is 0.156. The number of hydrogen-bond acceptors (Lipinski definition) is 4. The molecule has 5 heteroatoms. The van der Waals surface area contributed by atoms with Gasteiger partial charge in [0.1, 0.15) is 5.82 Å². The van der Waals surface area contributed by atoms with Crippen LogP contribution in [0.1, 0.15) is 37.1 Å². The number of nitrogens with zero attached hydrogens (tertiary/aromatic N) is 1. The molecular weight excluding hydrogens is 206 g/mol. The van der Waals surface area contributed by atoms with Crippen LogP contribution < -0.4 is 10.9 Å². The molecule has 0 spiro atoms. The number of nitrogens with one attached hydrogen (secondary N) is 2. The van der Waals surface area contributed by atoms with Gasteiger partial charge in [0.05, 0.1) is 5.56 Å². The zero-order chi connectivity index (χ0) is 11.5. The lowest BCUT2D eigenvalue weighted by Crippen LogP contribution is -2.31. The fraction of sp³-hybridized carbons (Fsp3) is 0.636. The number of aromatic nitrogens is 2. The second-order valence-corrected chi connectivity index (χ2v) is 4.15. The van der Waals surface area contributed by atoms with Gasteiger partial charge in [-0.15, -0.1) is 0 Å². The van der Waals surface area contributed by atoms with E-state index in [0.717, 1.165) is 25.9 Å². The summed E-state index contributed by atoms with van der Waals surface area (Å²) in [6, 6.07) is 0. The van der Waals surface area contributed by atoms with E-state index >= 15 is 0 Å². The molecule has 1 aliphatic rings. The van der Waals surface area contributed by atoms with Gasteiger partial charge >= 0.3 is 0 Å². The normalized spacial score (nSPS) is 20.9. The molecule has 3 N–H and O–H groups in total. The lowest BCUT2D eigenvalue weighted by molar-refractivity contribution is 0.415. The van der Waals surface area contributed by atoms with Gasteiger partial charge in [0.25, 0.3) is 5.56 Å². The number of aromatic hydroxyl groups is 1. The summed E-state index contributed by atoms with van der Waals surface area (Å²) in [4.78, 5) is 18.5. The van der Waals surface area contributed by atoms with Gasteiger partial charge in [-0.3, -0.25) is 4.79 Å². The summed E-state index contributed by atoms with van der Waals surface area (Å²) in [6.07, 6.45) is 2.57. The first kappa shape index (κ1) is 11.1. The van der Waals surface area contributed by atoms with Crippen LogP contribution in [0.5, 0.6) is 5.88 Å². The van der Waals surface area contributed by atoms with Gasteiger partial charge in [0.2, 0.25) is 5.88 Å². The third-order valence-electron chi connectivity index (χ3n) is 3.05. The second-order valence-electron chi connectivity index (χ2n) is 4.15. The molecule has 2 rings (SSSR count). The molecule has 2 heterocycles. The molecule has 1 unspecified atom stereocenters. The summed E-state index contributed by atoms with van der Waals surface area (Å²) in [5, 5.41) is 12.9. The molecule has 0 aliphatic carbocycles. The molecule has 1 saturated heterocycles. The number of piperidine rings is 1. The zero-order valence-corrected chi connectivity index (χ0v) is 9.42. The molecule has 16 heavy (non-hydrogen) atoms. The molecular formula is C11H17N3O2. The smallest absolute Gasteiger partial charge is 0.257 e.